The highest BCUT2D eigenvalue weighted by Gasteiger charge is 2.14. The maximum absolute atomic E-state index is 12.6. The number of halogens is 1. The number of hydrogen-bond donors (Lipinski definition) is 0. The van der Waals surface area contributed by atoms with Crippen LogP contribution in [0.3, 0.4) is 0 Å². The van der Waals surface area contributed by atoms with Crippen LogP contribution in [-0.4, -0.2) is 21.1 Å². The summed E-state index contributed by atoms with van der Waals surface area (Å²) in [5, 5.41) is 2.21. The third kappa shape index (κ3) is 3.87. The summed E-state index contributed by atoms with van der Waals surface area (Å²) >= 11 is 13.1. The van der Waals surface area contributed by atoms with Crippen LogP contribution in [-0.2, 0) is 0 Å². The summed E-state index contributed by atoms with van der Waals surface area (Å²) in [6.45, 7) is 0. The Hall–Kier alpha value is -2.47. The average molecular weight is 423 g/mol. The van der Waals surface area contributed by atoms with Crippen LogP contribution in [0, 0.1) is 4.64 Å². The first-order chi connectivity index (χ1) is 13.6. The van der Waals surface area contributed by atoms with E-state index in [2.05, 4.69) is 0 Å². The molecule has 0 aliphatic rings. The molecule has 28 heavy (non-hydrogen) atoms. The van der Waals surface area contributed by atoms with Gasteiger partial charge in [-0.2, -0.15) is 0 Å². The maximum atomic E-state index is 12.6. The molecule has 0 N–H and O–H groups in total. The second kappa shape index (κ2) is 8.27. The van der Waals surface area contributed by atoms with E-state index < -0.39 is 0 Å². The molecule has 0 saturated carbocycles. The third-order valence-corrected chi connectivity index (χ3v) is 5.85. The minimum Gasteiger partial charge on any atom is -0.293 e. The van der Waals surface area contributed by atoms with Gasteiger partial charge >= 0.3 is 0 Å². The summed E-state index contributed by atoms with van der Waals surface area (Å²) in [7, 11) is 0. The van der Waals surface area contributed by atoms with E-state index in [9.17, 15) is 4.79 Å². The Morgan fingerprint density at radius 1 is 0.964 bits per heavy atom. The molecular weight excluding hydrogens is 408 g/mol. The zero-order chi connectivity index (χ0) is 19.5. The minimum absolute atomic E-state index is 0.0159. The summed E-state index contributed by atoms with van der Waals surface area (Å²) in [6.07, 6.45) is 0. The molecule has 0 amide bonds. The van der Waals surface area contributed by atoms with Gasteiger partial charge in [0.25, 0.3) is 0 Å². The van der Waals surface area contributed by atoms with Gasteiger partial charge < -0.3 is 0 Å². The maximum Gasteiger partial charge on any atom is 0.174 e. The Morgan fingerprint density at radius 2 is 1.64 bits per heavy atom. The normalized spacial score (nSPS) is 10.9. The van der Waals surface area contributed by atoms with Crippen LogP contribution in [0.1, 0.15) is 10.4 Å². The first-order valence-electron chi connectivity index (χ1n) is 8.62. The molecule has 0 fully saturated rings. The number of thioether (sulfide) groups is 1. The molecule has 0 aliphatic heterocycles. The van der Waals surface area contributed by atoms with Crippen LogP contribution < -0.4 is 0 Å². The number of hydrogen-bond acceptors (Lipinski definition) is 4. The van der Waals surface area contributed by atoms with Crippen molar-refractivity contribution in [3.05, 3.63) is 94.1 Å². The summed E-state index contributed by atoms with van der Waals surface area (Å²) in [6, 6.07) is 24.6. The van der Waals surface area contributed by atoms with Crippen molar-refractivity contribution < 1.29 is 4.79 Å². The average Bonchev–Trinajstić information content (AvgIpc) is 2.73. The SMILES string of the molecule is O=C(CSc1nc2ccccc2c(=S)n1-c1ccccc1)c1ccc(Cl)cc1. The predicted molar refractivity (Wildman–Crippen MR) is 118 cm³/mol. The van der Waals surface area contributed by atoms with Gasteiger partial charge in [-0.15, -0.1) is 0 Å². The lowest BCUT2D eigenvalue weighted by molar-refractivity contribution is 0.102. The van der Waals surface area contributed by atoms with Gasteiger partial charge in [-0.3, -0.25) is 9.36 Å². The van der Waals surface area contributed by atoms with E-state index in [1.807, 2.05) is 59.2 Å². The van der Waals surface area contributed by atoms with Gasteiger partial charge in [0, 0.05) is 21.7 Å². The van der Waals surface area contributed by atoms with Gasteiger partial charge in [0.1, 0.15) is 4.64 Å². The topological polar surface area (TPSA) is 34.9 Å². The summed E-state index contributed by atoms with van der Waals surface area (Å²) in [5.41, 5.74) is 2.37. The molecule has 138 valence electrons. The lowest BCUT2D eigenvalue weighted by Gasteiger charge is -2.14. The molecular formula is C22H15ClN2OS2. The van der Waals surface area contributed by atoms with Crippen LogP contribution >= 0.6 is 35.6 Å². The predicted octanol–water partition coefficient (Wildman–Crippen LogP) is 6.38. The van der Waals surface area contributed by atoms with E-state index in [1.54, 1.807) is 24.3 Å². The molecule has 0 atom stereocenters. The molecule has 1 aromatic heterocycles. The second-order valence-corrected chi connectivity index (χ2v) is 7.87. The first kappa shape index (κ1) is 18.9. The minimum atomic E-state index is 0.0159. The summed E-state index contributed by atoms with van der Waals surface area (Å²) in [5.74, 6) is 0.274. The molecule has 0 radical (unpaired) electrons. The number of rotatable bonds is 5. The lowest BCUT2D eigenvalue weighted by atomic mass is 10.1. The molecule has 0 bridgehead atoms. The molecule has 4 aromatic rings. The molecule has 0 saturated heterocycles. The number of benzene rings is 3. The molecule has 0 spiro atoms. The van der Waals surface area contributed by atoms with E-state index in [0.717, 1.165) is 16.6 Å². The molecule has 3 nitrogen and oxygen atoms in total. The van der Waals surface area contributed by atoms with Gasteiger partial charge in [-0.25, -0.2) is 4.98 Å². The number of aromatic nitrogens is 2. The number of Topliss-reactive ketones (excluding diaryl/α,β-unsaturated/α-hetero) is 1. The number of carbonyl (C=O) groups is 1. The second-order valence-electron chi connectivity index (χ2n) is 6.11. The third-order valence-electron chi connectivity index (χ3n) is 4.26. The van der Waals surface area contributed by atoms with Crippen LogP contribution in [0.2, 0.25) is 5.02 Å². The molecule has 1 heterocycles. The quantitative estimate of drug-likeness (QED) is 0.162. The number of ketones is 1. The summed E-state index contributed by atoms with van der Waals surface area (Å²) < 4.78 is 2.61. The van der Waals surface area contributed by atoms with E-state index >= 15 is 0 Å². The molecule has 0 unspecified atom stereocenters. The van der Waals surface area contributed by atoms with Crippen molar-refractivity contribution in [2.24, 2.45) is 0 Å². The first-order valence-corrected chi connectivity index (χ1v) is 10.4. The molecule has 3 aromatic carbocycles. The van der Waals surface area contributed by atoms with E-state index in [4.69, 9.17) is 28.8 Å². The van der Waals surface area contributed by atoms with Crippen LogP contribution in [0.25, 0.3) is 16.6 Å². The van der Waals surface area contributed by atoms with E-state index in [1.165, 1.54) is 11.8 Å². The Labute approximate surface area is 177 Å². The largest absolute Gasteiger partial charge is 0.293 e. The van der Waals surface area contributed by atoms with Crippen molar-refractivity contribution in [2.45, 2.75) is 5.16 Å². The zero-order valence-electron chi connectivity index (χ0n) is 14.7. The van der Waals surface area contributed by atoms with Crippen LogP contribution in [0.15, 0.2) is 84.0 Å². The van der Waals surface area contributed by atoms with Crippen molar-refractivity contribution >= 4 is 52.3 Å². The monoisotopic (exact) mass is 422 g/mol. The fraction of sp³-hybridized carbons (Fsp3) is 0.0455. The Balaban J connectivity index is 1.74. The van der Waals surface area contributed by atoms with Gasteiger partial charge in [0.15, 0.2) is 10.9 Å². The van der Waals surface area contributed by atoms with Gasteiger partial charge in [-0.05, 0) is 48.5 Å². The van der Waals surface area contributed by atoms with Crippen molar-refractivity contribution in [1.29, 1.82) is 0 Å². The smallest absolute Gasteiger partial charge is 0.174 e. The van der Waals surface area contributed by atoms with Crippen molar-refractivity contribution in [2.75, 3.05) is 5.75 Å². The summed E-state index contributed by atoms with van der Waals surface area (Å²) in [4.78, 5) is 17.4. The van der Waals surface area contributed by atoms with E-state index in [0.29, 0.717) is 20.4 Å². The number of nitrogens with zero attached hydrogens (tertiary/aromatic N) is 2. The standard InChI is InChI=1S/C22H15ClN2OS2/c23-16-12-10-15(11-13-16)20(26)14-28-22-24-19-9-5-4-8-18(19)21(27)25(22)17-6-2-1-3-7-17/h1-13H,14H2. The molecule has 4 rings (SSSR count). The van der Waals surface area contributed by atoms with Crippen molar-refractivity contribution in [3.63, 3.8) is 0 Å². The van der Waals surface area contributed by atoms with Gasteiger partial charge in [-0.1, -0.05) is 65.9 Å². The number of carbonyl (C=O) groups excluding carboxylic acids is 1. The van der Waals surface area contributed by atoms with E-state index in [-0.39, 0.29) is 11.5 Å². The highest BCUT2D eigenvalue weighted by atomic mass is 35.5. The number of para-hydroxylation sites is 2. The highest BCUT2D eigenvalue weighted by Crippen LogP contribution is 2.26. The zero-order valence-corrected chi connectivity index (χ0v) is 17.1. The lowest BCUT2D eigenvalue weighted by Crippen LogP contribution is -2.08. The highest BCUT2D eigenvalue weighted by molar-refractivity contribution is 7.99. The van der Waals surface area contributed by atoms with Crippen LogP contribution in [0.4, 0.5) is 0 Å². The number of fused-ring (bicyclic) bond motifs is 1. The Morgan fingerprint density at radius 3 is 2.39 bits per heavy atom. The molecule has 0 aliphatic carbocycles. The Kier molecular flexibility index (Phi) is 5.57. The fourth-order valence-electron chi connectivity index (χ4n) is 2.86. The molecule has 6 heteroatoms. The Bertz CT molecular complexity index is 1200. The van der Waals surface area contributed by atoms with Crippen molar-refractivity contribution in [1.82, 2.24) is 9.55 Å². The van der Waals surface area contributed by atoms with Crippen LogP contribution in [0.5, 0.6) is 0 Å². The van der Waals surface area contributed by atoms with Gasteiger partial charge in [0.05, 0.1) is 11.3 Å². The van der Waals surface area contributed by atoms with Gasteiger partial charge in [0.2, 0.25) is 0 Å². The fourth-order valence-corrected chi connectivity index (χ4v) is 4.33. The van der Waals surface area contributed by atoms with Crippen molar-refractivity contribution in [3.8, 4) is 5.69 Å².